The number of rotatable bonds is 8. The van der Waals surface area contributed by atoms with E-state index >= 15 is 0 Å². The van der Waals surface area contributed by atoms with Gasteiger partial charge in [0.25, 0.3) is 0 Å². The monoisotopic (exact) mass is 1630 g/mol. The smallest absolute Gasteiger partial charge is 0.145 e. The van der Waals surface area contributed by atoms with Gasteiger partial charge in [0.15, 0.2) is 0 Å². The minimum Gasteiger partial charge on any atom is -0.455 e. The summed E-state index contributed by atoms with van der Waals surface area (Å²) in [6.45, 7) is 8.88. The Balaban J connectivity index is 0.000000109. The third kappa shape index (κ3) is 12.6. The minimum atomic E-state index is -0.212. The number of pyridine rings is 7. The molecule has 12 heterocycles. The average molecular weight is 1640 g/mol. The van der Waals surface area contributed by atoms with Crippen molar-refractivity contribution in [2.75, 3.05) is 9.80 Å². The van der Waals surface area contributed by atoms with Crippen molar-refractivity contribution in [2.45, 2.75) is 33.1 Å². The van der Waals surface area contributed by atoms with E-state index in [0.29, 0.717) is 0 Å². The molecule has 1 aliphatic carbocycles. The van der Waals surface area contributed by atoms with E-state index in [0.717, 1.165) is 151 Å². The van der Waals surface area contributed by atoms with Crippen LogP contribution in [0.1, 0.15) is 36.1 Å². The highest BCUT2D eigenvalue weighted by atomic mass is 32.1. The van der Waals surface area contributed by atoms with Crippen LogP contribution in [0.3, 0.4) is 0 Å². The topological polar surface area (TPSA) is 115 Å². The first-order chi connectivity index (χ1) is 62.1. The van der Waals surface area contributed by atoms with E-state index in [2.05, 4.69) is 372 Å². The Morgan fingerprint density at radius 3 is 1.66 bits per heavy atom. The Morgan fingerprint density at radius 2 is 0.905 bits per heavy atom. The number of fused-ring (bicyclic) bond motifs is 23. The van der Waals surface area contributed by atoms with E-state index in [1.165, 1.54) is 86.8 Å². The molecule has 0 spiro atoms. The third-order valence-corrected chi connectivity index (χ3v) is 26.3. The first kappa shape index (κ1) is 74.9. The van der Waals surface area contributed by atoms with Crippen LogP contribution in [0.2, 0.25) is 0 Å². The molecule has 12 heteroatoms. The minimum absolute atomic E-state index is 0.212. The van der Waals surface area contributed by atoms with Gasteiger partial charge in [0.05, 0.1) is 74.1 Å². The van der Waals surface area contributed by atoms with Crippen molar-refractivity contribution in [3.8, 4) is 128 Å². The number of para-hydroxylation sites is 6. The van der Waals surface area contributed by atoms with Gasteiger partial charge in [0, 0.05) is 170 Å². The molecule has 2 aliphatic heterocycles. The summed E-state index contributed by atoms with van der Waals surface area (Å²) in [5, 5.41) is 7.04. The fraction of sp³-hybridized carbons (Fsp3) is 0.0439. The molecule has 0 N–H and O–H groups in total. The number of thiophene rings is 1. The van der Waals surface area contributed by atoms with Gasteiger partial charge in [-0.05, 0) is 186 Å². The second kappa shape index (κ2) is 30.8. The summed E-state index contributed by atoms with van der Waals surface area (Å²) in [6, 6.07) is 122. The lowest BCUT2D eigenvalue weighted by Crippen LogP contribution is -2.20. The van der Waals surface area contributed by atoms with E-state index < -0.39 is 0 Å². The summed E-state index contributed by atoms with van der Waals surface area (Å²) in [5.41, 5.74) is 37.5. The molecule has 12 aromatic carbocycles. The van der Waals surface area contributed by atoms with Crippen LogP contribution in [0.25, 0.3) is 182 Å². The molecule has 126 heavy (non-hydrogen) atoms. The van der Waals surface area contributed by atoms with E-state index in [1.54, 1.807) is 0 Å². The van der Waals surface area contributed by atoms with Gasteiger partial charge in [-0.3, -0.25) is 29.9 Å². The van der Waals surface area contributed by atoms with Crippen LogP contribution in [0, 0.1) is 13.8 Å². The van der Waals surface area contributed by atoms with Gasteiger partial charge in [-0.2, -0.15) is 0 Å². The zero-order valence-corrected chi connectivity index (χ0v) is 70.2. The Morgan fingerprint density at radius 1 is 0.325 bits per heavy atom. The number of aryl methyl sites for hydroxylation is 2. The first-order valence-corrected chi connectivity index (χ1v) is 43.3. The quantitative estimate of drug-likeness (QED) is 0.146. The van der Waals surface area contributed by atoms with E-state index in [9.17, 15) is 0 Å². The Hall–Kier alpha value is -16.2. The average Bonchev–Trinajstić information content (AvgIpc) is 1.54. The van der Waals surface area contributed by atoms with Gasteiger partial charge in [-0.15, -0.1) is 11.3 Å². The van der Waals surface area contributed by atoms with Crippen LogP contribution in [-0.4, -0.2) is 39.5 Å². The molecule has 22 aromatic rings. The molecule has 0 fully saturated rings. The molecule has 0 atom stereocenters. The first-order valence-electron chi connectivity index (χ1n) is 42.5. The number of furan rings is 1. The highest BCUT2D eigenvalue weighted by Crippen LogP contribution is 2.59. The normalized spacial score (nSPS) is 12.5. The van der Waals surface area contributed by atoms with Crippen LogP contribution in [0.5, 0.6) is 0 Å². The third-order valence-electron chi connectivity index (χ3n) is 25.1. The molecule has 25 rings (SSSR count). The summed E-state index contributed by atoms with van der Waals surface area (Å²) < 4.78 is 10.3. The molecule has 0 bridgehead atoms. The summed E-state index contributed by atoms with van der Waals surface area (Å²) >= 11 is 1.83. The standard InChI is InChI=1S/C40H25N3O.C37H26N4S.C37H27N3/c1-2-10-26(11-3-1)28-22-29(35-19-18-27-12-4-7-15-34(27)42-35)24-30(23-28)43-36-16-8-5-13-31(36)39-33-14-6-9-17-38(33)44-40(39)32-20-21-41-25-37(32)43;1-23-9-7-16-39-35(23)25-19-26(36-24(2)10-8-17-40-36)21-27(20-25)41-31-13-5-3-11-28(31)34-30-22-38-18-15-33(30)42-37(34)29-12-4-6-14-32(29)41;1-37(2)30-15-7-5-13-28(30)36-35(27-20-22-38-23-31(27)37)29-14-6-8-17-33(29)40(36)34-19-18-25(32-16-9-10-21-39-32)24-11-3-4-12-26(24)34/h1-25H;3-22H,1-2H3;3-23H,1-2H3. The predicted molar refractivity (Wildman–Crippen MR) is 519 cm³/mol. The van der Waals surface area contributed by atoms with Gasteiger partial charge in [0.2, 0.25) is 0 Å². The van der Waals surface area contributed by atoms with Crippen molar-refractivity contribution in [3.05, 3.63) is 424 Å². The van der Waals surface area contributed by atoms with Crippen LogP contribution in [-0.2, 0) is 5.41 Å². The molecule has 11 nitrogen and oxygen atoms in total. The van der Waals surface area contributed by atoms with Gasteiger partial charge < -0.3 is 18.8 Å². The molecule has 0 amide bonds. The Labute approximate surface area is 732 Å². The molecular weight excluding hydrogens is 1560 g/mol. The van der Waals surface area contributed by atoms with E-state index in [4.69, 9.17) is 19.4 Å². The molecule has 0 radical (unpaired) electrons. The van der Waals surface area contributed by atoms with Crippen molar-refractivity contribution in [1.82, 2.24) is 39.5 Å². The van der Waals surface area contributed by atoms with Gasteiger partial charge in [0.1, 0.15) is 11.3 Å². The van der Waals surface area contributed by atoms with Crippen LogP contribution in [0.15, 0.2) is 406 Å². The second-order valence-corrected chi connectivity index (χ2v) is 33.8. The lowest BCUT2D eigenvalue weighted by molar-refractivity contribution is 0.632. The van der Waals surface area contributed by atoms with Crippen LogP contribution >= 0.6 is 11.3 Å². The number of benzene rings is 12. The van der Waals surface area contributed by atoms with Crippen molar-refractivity contribution < 1.29 is 4.42 Å². The summed E-state index contributed by atoms with van der Waals surface area (Å²) in [7, 11) is 0. The fourth-order valence-electron chi connectivity index (χ4n) is 19.3. The molecule has 10 aromatic heterocycles. The number of hydrogen-bond acceptors (Lipinski definition) is 11. The summed E-state index contributed by atoms with van der Waals surface area (Å²) in [4.78, 5) is 39.1. The SMILES string of the molecule is CC1(C)c2cnccc2-c2c(n(-c3ccc(-c4ccccn4)c4ccccc34)c3ccccc23)-c2ccccc21.Cc1cccnc1-c1cc(-c2ncccc2C)cc(N2c3ccccc3-c3sc4ccncc4c3-c3ccccc32)c1.c1ccc(-c2cc(-c3ccc4ccccc4n3)cc(N3c4cnccc4-c4oc5ccccc5c4-c4ccccc43)c2)cc1. The van der Waals surface area contributed by atoms with Crippen molar-refractivity contribution in [2.24, 2.45) is 0 Å². The number of anilines is 6. The number of nitrogens with zero attached hydrogens (tertiary/aromatic N) is 10. The van der Waals surface area contributed by atoms with Gasteiger partial charge in [-0.1, -0.05) is 232 Å². The Kier molecular flexibility index (Phi) is 18.3. The maximum absolute atomic E-state index is 6.60. The summed E-state index contributed by atoms with van der Waals surface area (Å²) in [5.74, 6) is 0.856. The maximum Gasteiger partial charge on any atom is 0.145 e. The molecule has 0 unspecified atom stereocenters. The fourth-order valence-corrected chi connectivity index (χ4v) is 20.5. The number of hydrogen-bond donors (Lipinski definition) is 0. The lowest BCUT2D eigenvalue weighted by Gasteiger charge is -2.28. The molecule has 596 valence electrons. The zero-order valence-electron chi connectivity index (χ0n) is 69.4. The maximum atomic E-state index is 6.60. The molecule has 3 aliphatic rings. The highest BCUT2D eigenvalue weighted by molar-refractivity contribution is 7.23. The second-order valence-electron chi connectivity index (χ2n) is 32.8. The molecule has 0 saturated carbocycles. The summed E-state index contributed by atoms with van der Waals surface area (Å²) in [6.07, 6.45) is 17.3. The number of aromatic nitrogens is 8. The Bertz CT molecular complexity index is 8020. The van der Waals surface area contributed by atoms with Gasteiger partial charge in [-0.25, -0.2) is 4.98 Å². The zero-order chi connectivity index (χ0) is 84.1. The van der Waals surface area contributed by atoms with Crippen molar-refractivity contribution in [3.63, 3.8) is 0 Å². The largest absolute Gasteiger partial charge is 0.455 e. The van der Waals surface area contributed by atoms with Crippen LogP contribution < -0.4 is 9.80 Å². The lowest BCUT2D eigenvalue weighted by atomic mass is 9.76. The van der Waals surface area contributed by atoms with E-state index in [1.807, 2.05) is 103 Å². The molecular formula is C114H78N10OS. The van der Waals surface area contributed by atoms with Crippen molar-refractivity contribution in [1.29, 1.82) is 0 Å². The van der Waals surface area contributed by atoms with Crippen molar-refractivity contribution >= 4 is 99.1 Å². The highest BCUT2D eigenvalue weighted by Gasteiger charge is 2.38. The molecule has 0 saturated heterocycles. The van der Waals surface area contributed by atoms with E-state index in [-0.39, 0.29) is 5.41 Å². The predicted octanol–water partition coefficient (Wildman–Crippen LogP) is 30.2. The van der Waals surface area contributed by atoms with Crippen LogP contribution in [0.4, 0.5) is 34.1 Å². The van der Waals surface area contributed by atoms with Gasteiger partial charge >= 0.3 is 0 Å².